The van der Waals surface area contributed by atoms with E-state index in [9.17, 15) is 14.4 Å². The van der Waals surface area contributed by atoms with Crippen molar-refractivity contribution in [2.24, 2.45) is 0 Å². The smallest absolute Gasteiger partial charge is 0.342 e. The van der Waals surface area contributed by atoms with Crippen molar-refractivity contribution in [1.82, 2.24) is 0 Å². The fourth-order valence-corrected chi connectivity index (χ4v) is 2.25. The monoisotopic (exact) mass is 341 g/mol. The minimum atomic E-state index is -0.955. The highest BCUT2D eigenvalue weighted by Crippen LogP contribution is 2.20. The van der Waals surface area contributed by atoms with E-state index in [-0.39, 0.29) is 17.3 Å². The summed E-state index contributed by atoms with van der Waals surface area (Å²) in [6, 6.07) is 13.0. The van der Waals surface area contributed by atoms with Crippen molar-refractivity contribution in [3.8, 4) is 5.75 Å². The van der Waals surface area contributed by atoms with E-state index in [0.29, 0.717) is 17.0 Å². The Morgan fingerprint density at radius 1 is 1.00 bits per heavy atom. The second-order valence-electron chi connectivity index (χ2n) is 5.37. The van der Waals surface area contributed by atoms with Crippen LogP contribution >= 0.6 is 0 Å². The lowest BCUT2D eigenvalue weighted by molar-refractivity contribution is -0.114. The van der Waals surface area contributed by atoms with Crippen LogP contribution < -0.4 is 10.1 Å². The maximum Gasteiger partial charge on any atom is 0.342 e. The quantitative estimate of drug-likeness (QED) is 0.645. The zero-order valence-corrected chi connectivity index (χ0v) is 14.2. The molecular formula is C19H19NO5. The molecule has 1 N–H and O–H groups in total. The van der Waals surface area contributed by atoms with Gasteiger partial charge in [0.1, 0.15) is 11.3 Å². The minimum Gasteiger partial charge on any atom is -0.496 e. The zero-order valence-electron chi connectivity index (χ0n) is 14.2. The molecule has 1 atom stereocenters. The van der Waals surface area contributed by atoms with Crippen LogP contribution in [0.4, 0.5) is 5.69 Å². The normalized spacial score (nSPS) is 11.3. The van der Waals surface area contributed by atoms with Gasteiger partial charge in [-0.3, -0.25) is 9.59 Å². The Bertz CT molecular complexity index is 783. The molecular weight excluding hydrogens is 322 g/mol. The summed E-state index contributed by atoms with van der Waals surface area (Å²) in [7, 11) is 1.46. The largest absolute Gasteiger partial charge is 0.496 e. The molecule has 0 aliphatic carbocycles. The molecule has 0 saturated carbocycles. The number of anilines is 1. The first-order valence-electron chi connectivity index (χ1n) is 7.68. The van der Waals surface area contributed by atoms with Crippen LogP contribution in [0, 0.1) is 0 Å². The summed E-state index contributed by atoms with van der Waals surface area (Å²) < 4.78 is 10.4. The number of hydrogen-bond acceptors (Lipinski definition) is 5. The molecule has 0 saturated heterocycles. The number of benzene rings is 2. The molecule has 2 rings (SSSR count). The third-order valence-corrected chi connectivity index (χ3v) is 3.47. The number of ketones is 1. The Morgan fingerprint density at radius 3 is 2.24 bits per heavy atom. The molecule has 0 aliphatic heterocycles. The number of esters is 1. The van der Waals surface area contributed by atoms with Crippen LogP contribution in [0.3, 0.4) is 0 Å². The predicted octanol–water partition coefficient (Wildman–Crippen LogP) is 3.08. The highest BCUT2D eigenvalue weighted by molar-refractivity contribution is 6.02. The van der Waals surface area contributed by atoms with Gasteiger partial charge in [-0.25, -0.2) is 4.79 Å². The molecule has 0 aromatic heterocycles. The van der Waals surface area contributed by atoms with Gasteiger partial charge in [0.05, 0.1) is 7.11 Å². The number of amides is 1. The molecule has 130 valence electrons. The molecule has 0 unspecified atom stereocenters. The molecule has 0 fully saturated rings. The molecule has 1 amide bonds. The number of Topliss-reactive ketones (excluding diaryl/α,β-unsaturated/α-hetero) is 1. The van der Waals surface area contributed by atoms with Crippen molar-refractivity contribution in [3.05, 3.63) is 59.7 Å². The topological polar surface area (TPSA) is 81.7 Å². The van der Waals surface area contributed by atoms with E-state index >= 15 is 0 Å². The Hall–Kier alpha value is -3.15. The van der Waals surface area contributed by atoms with Crippen molar-refractivity contribution < 1.29 is 23.9 Å². The van der Waals surface area contributed by atoms with Gasteiger partial charge in [-0.15, -0.1) is 0 Å². The molecule has 2 aromatic rings. The molecule has 0 spiro atoms. The fourth-order valence-electron chi connectivity index (χ4n) is 2.25. The molecule has 0 heterocycles. The molecule has 25 heavy (non-hydrogen) atoms. The number of para-hydroxylation sites is 1. The van der Waals surface area contributed by atoms with Gasteiger partial charge >= 0.3 is 5.97 Å². The highest BCUT2D eigenvalue weighted by atomic mass is 16.5. The van der Waals surface area contributed by atoms with Gasteiger partial charge in [0.2, 0.25) is 11.7 Å². The number of methoxy groups -OCH3 is 1. The van der Waals surface area contributed by atoms with E-state index < -0.39 is 12.1 Å². The van der Waals surface area contributed by atoms with E-state index in [1.807, 2.05) is 0 Å². The summed E-state index contributed by atoms with van der Waals surface area (Å²) in [5.74, 6) is -0.782. The summed E-state index contributed by atoms with van der Waals surface area (Å²) in [4.78, 5) is 35.7. The minimum absolute atomic E-state index is 0.196. The van der Waals surface area contributed by atoms with E-state index in [4.69, 9.17) is 9.47 Å². The lowest BCUT2D eigenvalue weighted by Crippen LogP contribution is -2.24. The van der Waals surface area contributed by atoms with Gasteiger partial charge in [0, 0.05) is 18.2 Å². The number of nitrogens with one attached hydrogen (secondary N) is 1. The lowest BCUT2D eigenvalue weighted by atomic mass is 10.1. The maximum absolute atomic E-state index is 12.4. The number of ether oxygens (including phenoxy) is 2. The van der Waals surface area contributed by atoms with Gasteiger partial charge in [0.25, 0.3) is 0 Å². The first-order valence-corrected chi connectivity index (χ1v) is 7.68. The maximum atomic E-state index is 12.4. The summed E-state index contributed by atoms with van der Waals surface area (Å²) in [5, 5.41) is 2.62. The van der Waals surface area contributed by atoms with Gasteiger partial charge in [0.15, 0.2) is 6.10 Å². The van der Waals surface area contributed by atoms with Crippen molar-refractivity contribution >= 4 is 23.3 Å². The number of rotatable bonds is 6. The first-order chi connectivity index (χ1) is 11.9. The van der Waals surface area contributed by atoms with Crippen LogP contribution in [0.25, 0.3) is 0 Å². The Morgan fingerprint density at radius 2 is 1.64 bits per heavy atom. The second kappa shape index (κ2) is 8.10. The van der Waals surface area contributed by atoms with Crippen molar-refractivity contribution in [3.63, 3.8) is 0 Å². The van der Waals surface area contributed by atoms with Crippen molar-refractivity contribution in [1.29, 1.82) is 0 Å². The Balaban J connectivity index is 2.07. The van der Waals surface area contributed by atoms with Crippen LogP contribution in [0.15, 0.2) is 48.5 Å². The van der Waals surface area contributed by atoms with Crippen LogP contribution in [0.5, 0.6) is 5.75 Å². The van der Waals surface area contributed by atoms with E-state index in [2.05, 4.69) is 5.32 Å². The average molecular weight is 341 g/mol. The van der Waals surface area contributed by atoms with Crippen LogP contribution in [0.1, 0.15) is 34.6 Å². The van der Waals surface area contributed by atoms with E-state index in [1.54, 1.807) is 48.5 Å². The molecule has 0 aliphatic rings. The summed E-state index contributed by atoms with van der Waals surface area (Å²) >= 11 is 0. The number of carbonyl (C=O) groups excluding carboxylic acids is 3. The van der Waals surface area contributed by atoms with Gasteiger partial charge in [-0.05, 0) is 43.3 Å². The second-order valence-corrected chi connectivity index (χ2v) is 5.37. The molecule has 0 bridgehead atoms. The van der Waals surface area contributed by atoms with Crippen LogP contribution in [-0.4, -0.2) is 30.9 Å². The average Bonchev–Trinajstić information content (AvgIpc) is 2.61. The van der Waals surface area contributed by atoms with Crippen molar-refractivity contribution in [2.45, 2.75) is 20.0 Å². The van der Waals surface area contributed by atoms with Gasteiger partial charge in [-0.1, -0.05) is 12.1 Å². The number of hydrogen-bond donors (Lipinski definition) is 1. The SMILES string of the molecule is COc1ccccc1C(=O)O[C@@H](C)C(=O)c1ccc(NC(C)=O)cc1. The molecule has 6 nitrogen and oxygen atoms in total. The summed E-state index contributed by atoms with van der Waals surface area (Å²) in [5.41, 5.74) is 1.22. The predicted molar refractivity (Wildman–Crippen MR) is 92.9 cm³/mol. The highest BCUT2D eigenvalue weighted by Gasteiger charge is 2.22. The van der Waals surface area contributed by atoms with E-state index in [1.165, 1.54) is 21.0 Å². The standard InChI is InChI=1S/C19H19NO5/c1-12(25-19(23)16-6-4-5-7-17(16)24-3)18(22)14-8-10-15(11-9-14)20-13(2)21/h4-12H,1-3H3,(H,20,21)/t12-/m0/s1. The number of carbonyl (C=O) groups is 3. The van der Waals surface area contributed by atoms with E-state index in [0.717, 1.165) is 0 Å². The summed E-state index contributed by atoms with van der Waals surface area (Å²) in [6.07, 6.45) is -0.955. The third kappa shape index (κ3) is 4.67. The fraction of sp³-hybridized carbons (Fsp3) is 0.211. The summed E-state index contributed by atoms with van der Waals surface area (Å²) in [6.45, 7) is 2.91. The Labute approximate surface area is 145 Å². The van der Waals surface area contributed by atoms with Crippen LogP contribution in [-0.2, 0) is 9.53 Å². The van der Waals surface area contributed by atoms with Gasteiger partial charge in [-0.2, -0.15) is 0 Å². The zero-order chi connectivity index (χ0) is 18.4. The molecule has 6 heteroatoms. The van der Waals surface area contributed by atoms with Crippen LogP contribution in [0.2, 0.25) is 0 Å². The van der Waals surface area contributed by atoms with Crippen molar-refractivity contribution in [2.75, 3.05) is 12.4 Å². The van der Waals surface area contributed by atoms with Gasteiger partial charge < -0.3 is 14.8 Å². The third-order valence-electron chi connectivity index (χ3n) is 3.47. The molecule has 2 aromatic carbocycles. The lowest BCUT2D eigenvalue weighted by Gasteiger charge is -2.14. The first kappa shape index (κ1) is 18.2. The Kier molecular flexibility index (Phi) is 5.89. The molecule has 0 radical (unpaired) electrons.